The van der Waals surface area contributed by atoms with Gasteiger partial charge in [0.05, 0.1) is 0 Å². The van der Waals surface area contributed by atoms with Gasteiger partial charge in [0, 0.05) is 25.5 Å². The van der Waals surface area contributed by atoms with Gasteiger partial charge in [0.15, 0.2) is 0 Å². The van der Waals surface area contributed by atoms with Crippen LogP contribution < -0.4 is 5.32 Å². The molecule has 1 aliphatic rings. The van der Waals surface area contributed by atoms with Crippen LogP contribution in [0, 0.1) is 0 Å². The Kier molecular flexibility index (Phi) is 6.52. The highest BCUT2D eigenvalue weighted by Gasteiger charge is 2.35. The van der Waals surface area contributed by atoms with Gasteiger partial charge >= 0.3 is 6.09 Å². The predicted octanol–water partition coefficient (Wildman–Crippen LogP) is 3.80. The van der Waals surface area contributed by atoms with Crippen molar-refractivity contribution in [2.24, 2.45) is 0 Å². The number of hydrogen-bond donors (Lipinski definition) is 1. The number of amides is 2. The first-order valence-electron chi connectivity index (χ1n) is 10.0. The summed E-state index contributed by atoms with van der Waals surface area (Å²) in [7, 11) is 0. The molecule has 1 aliphatic heterocycles. The van der Waals surface area contributed by atoms with Crippen LogP contribution in [0.3, 0.4) is 0 Å². The zero-order valence-electron chi connectivity index (χ0n) is 17.4. The number of likely N-dealkylation sites (tertiary alicyclic amines) is 1. The van der Waals surface area contributed by atoms with Crippen LogP contribution in [0.2, 0.25) is 0 Å². The van der Waals surface area contributed by atoms with Crippen molar-refractivity contribution in [3.63, 3.8) is 0 Å². The fraction of sp³-hybridized carbons (Fsp3) is 0.435. The molecule has 6 nitrogen and oxygen atoms in total. The Bertz CT molecular complexity index is 846. The molecule has 6 heteroatoms. The molecule has 2 heterocycles. The molecule has 154 valence electrons. The quantitative estimate of drug-likeness (QED) is 0.836. The second-order valence-electron chi connectivity index (χ2n) is 8.44. The summed E-state index contributed by atoms with van der Waals surface area (Å²) in [5.41, 5.74) is 2.99. The van der Waals surface area contributed by atoms with E-state index in [0.29, 0.717) is 19.5 Å². The summed E-state index contributed by atoms with van der Waals surface area (Å²) in [6, 6.07) is 11.1. The summed E-state index contributed by atoms with van der Waals surface area (Å²) >= 11 is 0. The standard InChI is InChI=1S/C23H29N3O3/c1-23(2,3)19-12-18(13-24-15-19)14-25-21(27)20-10-7-11-26(20)22(28)29-16-17-8-5-4-6-9-17/h4-6,8-9,12-13,15,20H,7,10-11,14,16H2,1-3H3,(H,25,27)/t20-/m0/s1. The molecule has 29 heavy (non-hydrogen) atoms. The van der Waals surface area contributed by atoms with Crippen molar-refractivity contribution < 1.29 is 14.3 Å². The van der Waals surface area contributed by atoms with Gasteiger partial charge in [0.25, 0.3) is 0 Å². The van der Waals surface area contributed by atoms with E-state index in [0.717, 1.165) is 23.1 Å². The van der Waals surface area contributed by atoms with Crippen molar-refractivity contribution in [3.05, 3.63) is 65.5 Å². The molecule has 2 amide bonds. The molecule has 0 aliphatic carbocycles. The second kappa shape index (κ2) is 9.07. The van der Waals surface area contributed by atoms with Crippen LogP contribution in [0.1, 0.15) is 50.3 Å². The fourth-order valence-electron chi connectivity index (χ4n) is 3.36. The molecule has 1 fully saturated rings. The van der Waals surface area contributed by atoms with Crippen LogP contribution in [0.4, 0.5) is 4.79 Å². The van der Waals surface area contributed by atoms with Crippen molar-refractivity contribution in [2.45, 2.75) is 58.2 Å². The lowest BCUT2D eigenvalue weighted by atomic mass is 9.88. The normalized spacial score (nSPS) is 16.5. The summed E-state index contributed by atoms with van der Waals surface area (Å²) in [5, 5.41) is 2.95. The molecule has 1 aromatic heterocycles. The Morgan fingerprint density at radius 3 is 2.66 bits per heavy atom. The van der Waals surface area contributed by atoms with Crippen molar-refractivity contribution >= 4 is 12.0 Å². The van der Waals surface area contributed by atoms with E-state index in [1.165, 1.54) is 4.90 Å². The Hall–Kier alpha value is -2.89. The largest absolute Gasteiger partial charge is 0.445 e. The highest BCUT2D eigenvalue weighted by Crippen LogP contribution is 2.22. The van der Waals surface area contributed by atoms with Crippen LogP contribution >= 0.6 is 0 Å². The highest BCUT2D eigenvalue weighted by atomic mass is 16.6. The van der Waals surface area contributed by atoms with Crippen LogP contribution in [0.25, 0.3) is 0 Å². The zero-order chi connectivity index (χ0) is 20.9. The van der Waals surface area contributed by atoms with E-state index < -0.39 is 12.1 Å². The van der Waals surface area contributed by atoms with Gasteiger partial charge in [0.2, 0.25) is 5.91 Å². The molecule has 0 unspecified atom stereocenters. The smallest absolute Gasteiger partial charge is 0.410 e. The maximum atomic E-state index is 12.7. The molecule has 1 aromatic carbocycles. The van der Waals surface area contributed by atoms with E-state index in [4.69, 9.17) is 4.74 Å². The molecule has 2 aromatic rings. The third-order valence-electron chi connectivity index (χ3n) is 5.12. The van der Waals surface area contributed by atoms with Gasteiger partial charge in [-0.25, -0.2) is 4.79 Å². The summed E-state index contributed by atoms with van der Waals surface area (Å²) in [6.07, 6.45) is 4.61. The van der Waals surface area contributed by atoms with Crippen LogP contribution in [0.5, 0.6) is 0 Å². The number of rotatable bonds is 5. The van der Waals surface area contributed by atoms with Gasteiger partial charge in [-0.2, -0.15) is 0 Å². The van der Waals surface area contributed by atoms with Crippen LogP contribution in [-0.2, 0) is 28.1 Å². The number of nitrogens with zero attached hydrogens (tertiary/aromatic N) is 2. The van der Waals surface area contributed by atoms with E-state index in [1.807, 2.05) is 36.5 Å². The van der Waals surface area contributed by atoms with E-state index >= 15 is 0 Å². The molecule has 3 rings (SSSR count). The van der Waals surface area contributed by atoms with Crippen LogP contribution in [-0.4, -0.2) is 34.5 Å². The second-order valence-corrected chi connectivity index (χ2v) is 8.44. The number of pyridine rings is 1. The Morgan fingerprint density at radius 2 is 1.93 bits per heavy atom. The van der Waals surface area contributed by atoms with E-state index in [-0.39, 0.29) is 17.9 Å². The molecule has 1 N–H and O–H groups in total. The number of hydrogen-bond acceptors (Lipinski definition) is 4. The van der Waals surface area contributed by atoms with Crippen molar-refractivity contribution in [3.8, 4) is 0 Å². The maximum absolute atomic E-state index is 12.7. The van der Waals surface area contributed by atoms with E-state index in [9.17, 15) is 9.59 Å². The first kappa shape index (κ1) is 20.8. The fourth-order valence-corrected chi connectivity index (χ4v) is 3.36. The SMILES string of the molecule is CC(C)(C)c1cncc(CNC(=O)[C@@H]2CCCN2C(=O)OCc2ccccc2)c1. The number of carbonyl (C=O) groups is 2. The van der Waals surface area contributed by atoms with E-state index in [2.05, 4.69) is 37.1 Å². The first-order valence-corrected chi connectivity index (χ1v) is 10.0. The van der Waals surface area contributed by atoms with Crippen LogP contribution in [0.15, 0.2) is 48.8 Å². The van der Waals surface area contributed by atoms with Gasteiger partial charge < -0.3 is 10.1 Å². The molecule has 0 saturated carbocycles. The molecular weight excluding hydrogens is 366 g/mol. The number of nitrogens with one attached hydrogen (secondary N) is 1. The molecule has 0 radical (unpaired) electrons. The van der Waals surface area contributed by atoms with Crippen molar-refractivity contribution in [1.82, 2.24) is 15.2 Å². The molecule has 0 spiro atoms. The number of carbonyl (C=O) groups excluding carboxylic acids is 2. The van der Waals surface area contributed by atoms with E-state index in [1.54, 1.807) is 6.20 Å². The third-order valence-corrected chi connectivity index (χ3v) is 5.12. The average molecular weight is 396 g/mol. The van der Waals surface area contributed by atoms with Gasteiger partial charge in [0.1, 0.15) is 12.6 Å². The lowest BCUT2D eigenvalue weighted by molar-refractivity contribution is -0.125. The summed E-state index contributed by atoms with van der Waals surface area (Å²) < 4.78 is 5.41. The minimum atomic E-state index is -0.489. The predicted molar refractivity (Wildman–Crippen MR) is 111 cm³/mol. The minimum Gasteiger partial charge on any atom is -0.445 e. The molecular formula is C23H29N3O3. The lowest BCUT2D eigenvalue weighted by Gasteiger charge is -2.23. The van der Waals surface area contributed by atoms with Gasteiger partial charge in [-0.15, -0.1) is 0 Å². The monoisotopic (exact) mass is 395 g/mol. The summed E-state index contributed by atoms with van der Waals surface area (Å²) in [5.74, 6) is -0.152. The Morgan fingerprint density at radius 1 is 1.17 bits per heavy atom. The highest BCUT2D eigenvalue weighted by molar-refractivity contribution is 5.86. The van der Waals surface area contributed by atoms with Crippen molar-refractivity contribution in [1.29, 1.82) is 0 Å². The van der Waals surface area contributed by atoms with Crippen molar-refractivity contribution in [2.75, 3.05) is 6.54 Å². The lowest BCUT2D eigenvalue weighted by Crippen LogP contribution is -2.45. The van der Waals surface area contributed by atoms with Gasteiger partial charge in [-0.05, 0) is 34.9 Å². The third kappa shape index (κ3) is 5.56. The average Bonchev–Trinajstić information content (AvgIpc) is 3.21. The molecule has 1 saturated heterocycles. The zero-order valence-corrected chi connectivity index (χ0v) is 17.4. The molecule has 1 atom stereocenters. The number of ether oxygens (including phenoxy) is 1. The Balaban J connectivity index is 1.55. The molecule has 0 bridgehead atoms. The number of aromatic nitrogens is 1. The van der Waals surface area contributed by atoms with Gasteiger partial charge in [-0.1, -0.05) is 57.2 Å². The maximum Gasteiger partial charge on any atom is 0.410 e. The van der Waals surface area contributed by atoms with Gasteiger partial charge in [-0.3, -0.25) is 14.7 Å². The summed E-state index contributed by atoms with van der Waals surface area (Å²) in [6.45, 7) is 7.51. The topological polar surface area (TPSA) is 71.5 Å². The first-order chi connectivity index (χ1) is 13.8. The minimum absolute atomic E-state index is 0.00220. The number of benzene rings is 1. The Labute approximate surface area is 172 Å². The summed E-state index contributed by atoms with van der Waals surface area (Å²) in [4.78, 5) is 31.0.